The molecule has 0 radical (unpaired) electrons. The molecule has 2 atom stereocenters. The van der Waals surface area contributed by atoms with Gasteiger partial charge < -0.3 is 15.7 Å². The number of hydrogen-bond acceptors (Lipinski definition) is 3. The van der Waals surface area contributed by atoms with Gasteiger partial charge in [-0.25, -0.2) is 4.79 Å². The molecule has 0 bridgehead atoms. The second-order valence-electron chi connectivity index (χ2n) is 6.61. The number of carboxylic acids is 1. The summed E-state index contributed by atoms with van der Waals surface area (Å²) in [4.78, 5) is 36.2. The van der Waals surface area contributed by atoms with Gasteiger partial charge in [-0.2, -0.15) is 0 Å². The standard InChI is InChI=1S/C19H28N2O4/c1-5-6-10-15(19(24)25)20-18(23)16(12(2)3)21-17(22)14-9-7-8-13(4)11-14/h7-9,11-12,15-16H,5-6,10H2,1-4H3,(H,20,23)(H,21,22)(H,24,25). The van der Waals surface area contributed by atoms with Crippen molar-refractivity contribution in [1.82, 2.24) is 10.6 Å². The summed E-state index contributed by atoms with van der Waals surface area (Å²) in [6.45, 7) is 7.46. The molecule has 2 amide bonds. The molecule has 0 aliphatic carbocycles. The van der Waals surface area contributed by atoms with Crippen molar-refractivity contribution in [1.29, 1.82) is 0 Å². The van der Waals surface area contributed by atoms with E-state index in [1.807, 2.05) is 33.8 Å². The summed E-state index contributed by atoms with van der Waals surface area (Å²) in [5, 5.41) is 14.5. The van der Waals surface area contributed by atoms with E-state index in [-0.39, 0.29) is 11.8 Å². The Kier molecular flexibility index (Phi) is 8.11. The van der Waals surface area contributed by atoms with Gasteiger partial charge in [0.05, 0.1) is 0 Å². The molecule has 0 saturated heterocycles. The van der Waals surface area contributed by atoms with Crippen molar-refractivity contribution in [3.63, 3.8) is 0 Å². The van der Waals surface area contributed by atoms with Gasteiger partial charge in [0, 0.05) is 5.56 Å². The SMILES string of the molecule is CCCCC(NC(=O)C(NC(=O)c1cccc(C)c1)C(C)C)C(=O)O. The van der Waals surface area contributed by atoms with Gasteiger partial charge in [0.25, 0.3) is 5.91 Å². The van der Waals surface area contributed by atoms with Crippen molar-refractivity contribution in [3.8, 4) is 0 Å². The quantitative estimate of drug-likeness (QED) is 0.639. The van der Waals surface area contributed by atoms with Gasteiger partial charge in [0.2, 0.25) is 5.91 Å². The summed E-state index contributed by atoms with van der Waals surface area (Å²) in [5.74, 6) is -2.05. The number of nitrogens with one attached hydrogen (secondary N) is 2. The number of rotatable bonds is 9. The lowest BCUT2D eigenvalue weighted by molar-refractivity contribution is -0.142. The Bertz CT molecular complexity index is 613. The van der Waals surface area contributed by atoms with Gasteiger partial charge in [0.1, 0.15) is 12.1 Å². The highest BCUT2D eigenvalue weighted by atomic mass is 16.4. The summed E-state index contributed by atoms with van der Waals surface area (Å²) in [5.41, 5.74) is 1.42. The third-order valence-electron chi connectivity index (χ3n) is 3.98. The van der Waals surface area contributed by atoms with Crippen LogP contribution < -0.4 is 10.6 Å². The van der Waals surface area contributed by atoms with Crippen LogP contribution >= 0.6 is 0 Å². The molecule has 0 heterocycles. The fourth-order valence-electron chi connectivity index (χ4n) is 2.47. The van der Waals surface area contributed by atoms with Gasteiger partial charge in [0.15, 0.2) is 0 Å². The molecule has 6 heteroatoms. The molecule has 0 fully saturated rings. The van der Waals surface area contributed by atoms with Crippen LogP contribution in [0, 0.1) is 12.8 Å². The molecule has 2 unspecified atom stereocenters. The van der Waals surface area contributed by atoms with Gasteiger partial charge in [-0.15, -0.1) is 0 Å². The minimum Gasteiger partial charge on any atom is -0.480 e. The molecule has 138 valence electrons. The summed E-state index contributed by atoms with van der Waals surface area (Å²) >= 11 is 0. The zero-order valence-corrected chi connectivity index (χ0v) is 15.3. The Balaban J connectivity index is 2.82. The second kappa shape index (κ2) is 9.81. The molecular weight excluding hydrogens is 320 g/mol. The number of hydrogen-bond donors (Lipinski definition) is 3. The van der Waals surface area contributed by atoms with E-state index in [9.17, 15) is 19.5 Å². The zero-order valence-electron chi connectivity index (χ0n) is 15.3. The maximum Gasteiger partial charge on any atom is 0.326 e. The molecular formula is C19H28N2O4. The number of aryl methyl sites for hydroxylation is 1. The van der Waals surface area contributed by atoms with Gasteiger partial charge in [-0.1, -0.05) is 51.3 Å². The van der Waals surface area contributed by atoms with E-state index in [2.05, 4.69) is 10.6 Å². The van der Waals surface area contributed by atoms with Crippen LogP contribution in [0.1, 0.15) is 56.0 Å². The van der Waals surface area contributed by atoms with Crippen LogP contribution in [-0.4, -0.2) is 35.0 Å². The molecule has 0 saturated carbocycles. The molecule has 0 aliphatic rings. The second-order valence-corrected chi connectivity index (χ2v) is 6.61. The Morgan fingerprint density at radius 1 is 1.16 bits per heavy atom. The highest BCUT2D eigenvalue weighted by Crippen LogP contribution is 2.09. The largest absolute Gasteiger partial charge is 0.480 e. The molecule has 0 spiro atoms. The van der Waals surface area contributed by atoms with E-state index in [1.165, 1.54) is 0 Å². The van der Waals surface area contributed by atoms with Crippen molar-refractivity contribution in [2.24, 2.45) is 5.92 Å². The number of aliphatic carboxylic acids is 1. The van der Waals surface area contributed by atoms with Crippen molar-refractivity contribution in [3.05, 3.63) is 35.4 Å². The van der Waals surface area contributed by atoms with Crippen LogP contribution in [0.25, 0.3) is 0 Å². The van der Waals surface area contributed by atoms with Crippen molar-refractivity contribution in [2.75, 3.05) is 0 Å². The van der Waals surface area contributed by atoms with Crippen LogP contribution in [0.5, 0.6) is 0 Å². The van der Waals surface area contributed by atoms with E-state index in [0.717, 1.165) is 12.0 Å². The topological polar surface area (TPSA) is 95.5 Å². The fraction of sp³-hybridized carbons (Fsp3) is 0.526. The summed E-state index contributed by atoms with van der Waals surface area (Å²) in [7, 11) is 0. The normalized spacial score (nSPS) is 13.2. The summed E-state index contributed by atoms with van der Waals surface area (Å²) in [6.07, 6.45) is 1.92. The molecule has 1 aromatic rings. The third-order valence-corrected chi connectivity index (χ3v) is 3.98. The van der Waals surface area contributed by atoms with Crippen LogP contribution in [0.4, 0.5) is 0 Å². The first-order valence-electron chi connectivity index (χ1n) is 8.67. The monoisotopic (exact) mass is 348 g/mol. The first kappa shape index (κ1) is 20.7. The predicted octanol–water partition coefficient (Wildman–Crippen LogP) is 2.51. The number of amides is 2. The van der Waals surface area contributed by atoms with E-state index in [0.29, 0.717) is 18.4 Å². The minimum atomic E-state index is -1.06. The first-order chi connectivity index (χ1) is 11.8. The Morgan fingerprint density at radius 2 is 1.84 bits per heavy atom. The van der Waals surface area contributed by atoms with E-state index in [1.54, 1.807) is 18.2 Å². The molecule has 1 rings (SSSR count). The molecule has 1 aromatic carbocycles. The fourth-order valence-corrected chi connectivity index (χ4v) is 2.47. The van der Waals surface area contributed by atoms with Crippen LogP contribution in [0.15, 0.2) is 24.3 Å². The highest BCUT2D eigenvalue weighted by molar-refractivity contribution is 5.98. The molecule has 0 aromatic heterocycles. The smallest absolute Gasteiger partial charge is 0.326 e. The van der Waals surface area contributed by atoms with Gasteiger partial charge in [-0.3, -0.25) is 9.59 Å². The lowest BCUT2D eigenvalue weighted by Crippen LogP contribution is -2.53. The minimum absolute atomic E-state index is 0.172. The number of carboxylic acid groups (broad SMARTS) is 1. The number of benzene rings is 1. The Labute approximate surface area is 149 Å². The maximum atomic E-state index is 12.5. The number of carbonyl (C=O) groups is 3. The first-order valence-corrected chi connectivity index (χ1v) is 8.67. The van der Waals surface area contributed by atoms with E-state index >= 15 is 0 Å². The van der Waals surface area contributed by atoms with Crippen LogP contribution in [-0.2, 0) is 9.59 Å². The average Bonchev–Trinajstić information content (AvgIpc) is 2.55. The Morgan fingerprint density at radius 3 is 2.36 bits per heavy atom. The van der Waals surface area contributed by atoms with Crippen LogP contribution in [0.3, 0.4) is 0 Å². The van der Waals surface area contributed by atoms with Crippen molar-refractivity contribution >= 4 is 17.8 Å². The van der Waals surface area contributed by atoms with Gasteiger partial charge in [-0.05, 0) is 31.4 Å². The highest BCUT2D eigenvalue weighted by Gasteiger charge is 2.28. The van der Waals surface area contributed by atoms with Gasteiger partial charge >= 0.3 is 5.97 Å². The number of carbonyl (C=O) groups excluding carboxylic acids is 2. The zero-order chi connectivity index (χ0) is 19.0. The van der Waals surface area contributed by atoms with E-state index in [4.69, 9.17) is 0 Å². The number of unbranched alkanes of at least 4 members (excludes halogenated alkanes) is 1. The predicted molar refractivity (Wildman–Crippen MR) is 96.4 cm³/mol. The Hall–Kier alpha value is -2.37. The average molecular weight is 348 g/mol. The molecule has 6 nitrogen and oxygen atoms in total. The van der Waals surface area contributed by atoms with Crippen molar-refractivity contribution in [2.45, 2.75) is 59.0 Å². The summed E-state index contributed by atoms with van der Waals surface area (Å²) < 4.78 is 0. The lowest BCUT2D eigenvalue weighted by atomic mass is 10.0. The molecule has 3 N–H and O–H groups in total. The lowest BCUT2D eigenvalue weighted by Gasteiger charge is -2.24. The van der Waals surface area contributed by atoms with Crippen LogP contribution in [0.2, 0.25) is 0 Å². The maximum absolute atomic E-state index is 12.5. The summed E-state index contributed by atoms with van der Waals surface area (Å²) in [6, 6.07) is 5.35. The van der Waals surface area contributed by atoms with E-state index < -0.39 is 24.0 Å². The van der Waals surface area contributed by atoms with Crippen molar-refractivity contribution < 1.29 is 19.5 Å². The molecule has 25 heavy (non-hydrogen) atoms. The third kappa shape index (κ3) is 6.57. The molecule has 0 aliphatic heterocycles.